The van der Waals surface area contributed by atoms with Crippen LogP contribution in [0.5, 0.6) is 0 Å². The number of fused-ring (bicyclic) bond motifs is 1. The molecule has 1 aromatic rings. The molecule has 1 heterocycles. The van der Waals surface area contributed by atoms with E-state index in [9.17, 15) is 14.9 Å². The maximum absolute atomic E-state index is 12.7. The summed E-state index contributed by atoms with van der Waals surface area (Å²) in [6.07, 6.45) is 4.48. The first-order valence-corrected chi connectivity index (χ1v) is 8.59. The van der Waals surface area contributed by atoms with Crippen LogP contribution in [0.2, 0.25) is 0 Å². The summed E-state index contributed by atoms with van der Waals surface area (Å²) in [5.41, 5.74) is 0.669. The van der Waals surface area contributed by atoms with Crippen LogP contribution in [0.4, 0.5) is 11.4 Å². The number of benzene rings is 1. The summed E-state index contributed by atoms with van der Waals surface area (Å²) in [6.45, 7) is 2.88. The summed E-state index contributed by atoms with van der Waals surface area (Å²) in [6, 6.07) is 6.29. The van der Waals surface area contributed by atoms with Gasteiger partial charge in [-0.05, 0) is 37.4 Å². The van der Waals surface area contributed by atoms with Crippen molar-refractivity contribution < 1.29 is 9.72 Å². The topological polar surface area (TPSA) is 96.3 Å². The number of non-ortho nitro benzene ring substituents is 1. The van der Waals surface area contributed by atoms with E-state index in [1.165, 1.54) is 18.6 Å². The van der Waals surface area contributed by atoms with E-state index in [2.05, 4.69) is 16.0 Å². The number of hydrogen-bond donors (Lipinski definition) is 3. The maximum Gasteiger partial charge on any atom is 0.269 e. The van der Waals surface area contributed by atoms with Gasteiger partial charge in [0.2, 0.25) is 5.91 Å². The Kier molecular flexibility index (Phi) is 4.99. The number of rotatable bonds is 6. The molecule has 1 aromatic carbocycles. The van der Waals surface area contributed by atoms with Crippen molar-refractivity contribution in [1.29, 1.82) is 0 Å². The first-order valence-electron chi connectivity index (χ1n) is 8.59. The van der Waals surface area contributed by atoms with Crippen LogP contribution in [0.3, 0.4) is 0 Å². The van der Waals surface area contributed by atoms with E-state index in [0.717, 1.165) is 38.0 Å². The molecule has 24 heavy (non-hydrogen) atoms. The highest BCUT2D eigenvalue weighted by Gasteiger charge is 2.49. The molecule has 0 aromatic heterocycles. The van der Waals surface area contributed by atoms with Gasteiger partial charge in [0, 0.05) is 37.5 Å². The Hall–Kier alpha value is -2.15. The monoisotopic (exact) mass is 332 g/mol. The Morgan fingerprint density at radius 3 is 2.83 bits per heavy atom. The maximum atomic E-state index is 12.7. The number of carbonyl (C=O) groups is 1. The predicted octanol–water partition coefficient (Wildman–Crippen LogP) is 1.90. The third-order valence-corrected chi connectivity index (χ3v) is 5.31. The molecular formula is C17H24N4O3. The van der Waals surface area contributed by atoms with Crippen LogP contribution >= 0.6 is 0 Å². The van der Waals surface area contributed by atoms with Gasteiger partial charge in [-0.25, -0.2) is 0 Å². The molecule has 1 saturated carbocycles. The van der Waals surface area contributed by atoms with Crippen molar-refractivity contribution in [3.63, 3.8) is 0 Å². The number of nitrogens with one attached hydrogen (secondary N) is 3. The minimum Gasteiger partial charge on any atom is -0.383 e. The van der Waals surface area contributed by atoms with Crippen LogP contribution in [0.1, 0.15) is 25.7 Å². The number of nitro groups is 1. The van der Waals surface area contributed by atoms with Gasteiger partial charge in [0.1, 0.15) is 0 Å². The van der Waals surface area contributed by atoms with Crippen LogP contribution in [0.25, 0.3) is 0 Å². The minimum absolute atomic E-state index is 0.0741. The van der Waals surface area contributed by atoms with E-state index in [-0.39, 0.29) is 17.0 Å². The Bertz CT molecular complexity index is 604. The molecule has 2 atom stereocenters. The molecule has 2 aliphatic rings. The highest BCUT2D eigenvalue weighted by Crippen LogP contribution is 2.43. The van der Waals surface area contributed by atoms with Gasteiger partial charge >= 0.3 is 0 Å². The molecule has 0 bridgehead atoms. The fourth-order valence-electron chi connectivity index (χ4n) is 3.95. The lowest BCUT2D eigenvalue weighted by molar-refractivity contribution is -0.384. The Labute approximate surface area is 141 Å². The highest BCUT2D eigenvalue weighted by atomic mass is 16.6. The SMILES string of the molecule is O=C(NCCNc1ccc([N+](=O)[O-])cc1)[C@@]12CCCC[C@H]1CNC2. The molecular weight excluding hydrogens is 308 g/mol. The Morgan fingerprint density at radius 1 is 1.29 bits per heavy atom. The largest absolute Gasteiger partial charge is 0.383 e. The molecule has 2 fully saturated rings. The van der Waals surface area contributed by atoms with Crippen molar-refractivity contribution >= 4 is 17.3 Å². The smallest absolute Gasteiger partial charge is 0.269 e. The van der Waals surface area contributed by atoms with Gasteiger partial charge in [0.15, 0.2) is 0 Å². The van der Waals surface area contributed by atoms with Gasteiger partial charge in [0.25, 0.3) is 5.69 Å². The molecule has 1 saturated heterocycles. The fraction of sp³-hybridized carbons (Fsp3) is 0.588. The van der Waals surface area contributed by atoms with Crippen LogP contribution < -0.4 is 16.0 Å². The number of nitro benzene ring substituents is 1. The van der Waals surface area contributed by atoms with Crippen LogP contribution in [-0.4, -0.2) is 37.0 Å². The number of amides is 1. The molecule has 1 aliphatic heterocycles. The summed E-state index contributed by atoms with van der Waals surface area (Å²) >= 11 is 0. The van der Waals surface area contributed by atoms with E-state index >= 15 is 0 Å². The van der Waals surface area contributed by atoms with Crippen molar-refractivity contribution in [2.45, 2.75) is 25.7 Å². The summed E-state index contributed by atoms with van der Waals surface area (Å²) in [5, 5.41) is 20.2. The van der Waals surface area contributed by atoms with E-state index in [1.54, 1.807) is 12.1 Å². The number of hydrogen-bond acceptors (Lipinski definition) is 5. The molecule has 1 amide bonds. The van der Waals surface area contributed by atoms with Gasteiger partial charge in [-0.2, -0.15) is 0 Å². The summed E-state index contributed by atoms with van der Waals surface area (Å²) in [4.78, 5) is 22.9. The standard InChI is InChI=1S/C17H24N4O3/c22-16(17-8-2-1-3-13(17)11-18-12-17)20-10-9-19-14-4-6-15(7-5-14)21(23)24/h4-7,13,18-19H,1-3,8-12H2,(H,20,22)/t13-,17+/m0/s1. The van der Waals surface area contributed by atoms with Crippen LogP contribution in [0.15, 0.2) is 24.3 Å². The molecule has 0 radical (unpaired) electrons. The molecule has 1 aliphatic carbocycles. The average molecular weight is 332 g/mol. The zero-order valence-corrected chi connectivity index (χ0v) is 13.7. The minimum atomic E-state index is -0.417. The molecule has 130 valence electrons. The summed E-state index contributed by atoms with van der Waals surface area (Å²) in [5.74, 6) is 0.636. The highest BCUT2D eigenvalue weighted by molar-refractivity contribution is 5.84. The zero-order valence-electron chi connectivity index (χ0n) is 13.7. The first-order chi connectivity index (χ1) is 11.6. The number of carbonyl (C=O) groups excluding carboxylic acids is 1. The molecule has 7 heteroatoms. The normalized spacial score (nSPS) is 25.8. The van der Waals surface area contributed by atoms with E-state index in [1.807, 2.05) is 0 Å². The molecule has 3 N–H and O–H groups in total. The molecule has 3 rings (SSSR count). The van der Waals surface area contributed by atoms with Gasteiger partial charge < -0.3 is 16.0 Å². The molecule has 0 spiro atoms. The second kappa shape index (κ2) is 7.17. The zero-order chi connectivity index (χ0) is 17.0. The lowest BCUT2D eigenvalue weighted by Crippen LogP contribution is -2.48. The third kappa shape index (κ3) is 3.36. The van der Waals surface area contributed by atoms with E-state index < -0.39 is 4.92 Å². The predicted molar refractivity (Wildman–Crippen MR) is 91.9 cm³/mol. The van der Waals surface area contributed by atoms with Gasteiger partial charge in [-0.1, -0.05) is 12.8 Å². The van der Waals surface area contributed by atoms with Gasteiger partial charge in [0.05, 0.1) is 10.3 Å². The summed E-state index contributed by atoms with van der Waals surface area (Å²) in [7, 11) is 0. The van der Waals surface area contributed by atoms with E-state index in [4.69, 9.17) is 0 Å². The quantitative estimate of drug-likeness (QED) is 0.420. The van der Waals surface area contributed by atoms with Gasteiger partial charge in [-0.3, -0.25) is 14.9 Å². The van der Waals surface area contributed by atoms with E-state index in [0.29, 0.717) is 19.0 Å². The van der Waals surface area contributed by atoms with Gasteiger partial charge in [-0.15, -0.1) is 0 Å². The second-order valence-electron chi connectivity index (χ2n) is 6.72. The van der Waals surface area contributed by atoms with Crippen LogP contribution in [0, 0.1) is 21.4 Å². The number of anilines is 1. The lowest BCUT2D eigenvalue weighted by atomic mass is 9.67. The van der Waals surface area contributed by atoms with Crippen molar-refractivity contribution in [1.82, 2.24) is 10.6 Å². The van der Waals surface area contributed by atoms with Crippen molar-refractivity contribution in [3.8, 4) is 0 Å². The van der Waals surface area contributed by atoms with Crippen molar-refractivity contribution in [3.05, 3.63) is 34.4 Å². The van der Waals surface area contributed by atoms with Crippen LogP contribution in [-0.2, 0) is 4.79 Å². The third-order valence-electron chi connectivity index (χ3n) is 5.31. The van der Waals surface area contributed by atoms with Crippen molar-refractivity contribution in [2.75, 3.05) is 31.5 Å². The first kappa shape index (κ1) is 16.7. The second-order valence-corrected chi connectivity index (χ2v) is 6.72. The molecule has 7 nitrogen and oxygen atoms in total. The average Bonchev–Trinajstić information content (AvgIpc) is 3.04. The van der Waals surface area contributed by atoms with Crippen molar-refractivity contribution in [2.24, 2.45) is 11.3 Å². The lowest BCUT2D eigenvalue weighted by Gasteiger charge is -2.37. The summed E-state index contributed by atoms with van der Waals surface area (Å²) < 4.78 is 0. The Balaban J connectivity index is 1.46. The number of nitrogens with zero attached hydrogens (tertiary/aromatic N) is 1. The molecule has 0 unspecified atom stereocenters. The Morgan fingerprint density at radius 2 is 2.08 bits per heavy atom. The fourth-order valence-corrected chi connectivity index (χ4v) is 3.95.